The lowest BCUT2D eigenvalue weighted by molar-refractivity contribution is -0.177. The van der Waals surface area contributed by atoms with E-state index in [1.54, 1.807) is 0 Å². The fraction of sp³-hybridized carbons (Fsp3) is 0.567. The predicted molar refractivity (Wildman–Crippen MR) is 140 cm³/mol. The first-order valence-electron chi connectivity index (χ1n) is 13.4. The lowest BCUT2D eigenvalue weighted by Crippen LogP contribution is -2.47. The molecule has 1 aromatic heterocycles. The van der Waals surface area contributed by atoms with Crippen LogP contribution in [0.5, 0.6) is 0 Å². The average molecular weight is 504 g/mol. The third-order valence-corrected chi connectivity index (χ3v) is 8.79. The maximum absolute atomic E-state index is 12.8. The van der Waals surface area contributed by atoms with Crippen molar-refractivity contribution < 1.29 is 19.7 Å². The first-order chi connectivity index (χ1) is 17.7. The van der Waals surface area contributed by atoms with Crippen molar-refractivity contribution in [3.63, 3.8) is 0 Å². The van der Waals surface area contributed by atoms with E-state index in [2.05, 4.69) is 48.1 Å². The molecule has 7 nitrogen and oxygen atoms in total. The van der Waals surface area contributed by atoms with Crippen molar-refractivity contribution in [3.8, 4) is 6.07 Å². The Hall–Kier alpha value is -2.79. The Morgan fingerprint density at radius 3 is 2.51 bits per heavy atom. The lowest BCUT2D eigenvalue weighted by Gasteiger charge is -2.43. The van der Waals surface area contributed by atoms with Gasteiger partial charge in [-0.05, 0) is 85.0 Å². The number of Topliss-reactive ketones (excluding diaryl/α,β-unsaturated/α-hetero) is 1. The molecule has 196 valence electrons. The van der Waals surface area contributed by atoms with E-state index in [9.17, 15) is 15.0 Å². The predicted octanol–water partition coefficient (Wildman–Crippen LogP) is 4.84. The van der Waals surface area contributed by atoms with E-state index in [4.69, 9.17) is 10.00 Å². The standard InChI is InChI=1S/C30H37N3O4/c1-28(2)9-7-21(8-10-28)25-13-22(23-14-29(18-34)11-12-30(15-23,19-35)37-29)4-3-20(25)5-6-26(36)27-32-17-24(16-31)33-27/h3-4,7,13,17,23,34-35H,5-6,8-12,14-15,18-19H2,1-2H3,(H,32,33)/t23?,29-,30+. The maximum atomic E-state index is 12.8. The topological polar surface area (TPSA) is 119 Å². The number of ether oxygens (including phenoxy) is 1. The zero-order valence-electron chi connectivity index (χ0n) is 21.8. The minimum atomic E-state index is -0.573. The van der Waals surface area contributed by atoms with Crippen molar-refractivity contribution >= 4 is 11.4 Å². The van der Waals surface area contributed by atoms with E-state index in [1.165, 1.54) is 22.9 Å². The maximum Gasteiger partial charge on any atom is 0.198 e. The number of aliphatic hydroxyl groups excluding tert-OH is 2. The number of hydrogen-bond acceptors (Lipinski definition) is 6. The highest BCUT2D eigenvalue weighted by Crippen LogP contribution is 2.53. The molecule has 3 aliphatic rings. The van der Waals surface area contributed by atoms with Crippen LogP contribution in [0.4, 0.5) is 0 Å². The van der Waals surface area contributed by atoms with Crippen LogP contribution in [0.15, 0.2) is 30.5 Å². The number of benzene rings is 1. The second-order valence-corrected chi connectivity index (χ2v) is 12.1. The minimum absolute atomic E-state index is 0.0289. The summed E-state index contributed by atoms with van der Waals surface area (Å²) in [5, 5.41) is 29.3. The highest BCUT2D eigenvalue weighted by Gasteiger charge is 2.54. The van der Waals surface area contributed by atoms with Gasteiger partial charge in [-0.1, -0.05) is 38.1 Å². The Labute approximate surface area is 218 Å². The number of ketones is 1. The molecule has 2 saturated heterocycles. The molecule has 2 aliphatic heterocycles. The lowest BCUT2D eigenvalue weighted by atomic mass is 9.75. The number of aromatic nitrogens is 2. The number of aryl methyl sites for hydroxylation is 1. The largest absolute Gasteiger partial charge is 0.393 e. The van der Waals surface area contributed by atoms with E-state index in [-0.39, 0.29) is 41.8 Å². The molecule has 7 heteroatoms. The SMILES string of the molecule is CC1(C)CC=C(c2cc(C3C[C@]4(CO)CC[C@](CO)(C3)O4)ccc2CCC(=O)c2ncc(C#N)[nH]2)CC1. The molecule has 1 aliphatic carbocycles. The van der Waals surface area contributed by atoms with E-state index >= 15 is 0 Å². The average Bonchev–Trinajstić information content (AvgIpc) is 3.50. The second kappa shape index (κ2) is 9.83. The number of nitriles is 1. The van der Waals surface area contributed by atoms with Gasteiger partial charge in [0.2, 0.25) is 0 Å². The van der Waals surface area contributed by atoms with Crippen LogP contribution in [-0.4, -0.2) is 50.4 Å². The number of hydrogen-bond donors (Lipinski definition) is 3. The number of aromatic amines is 1. The minimum Gasteiger partial charge on any atom is -0.393 e. The molecule has 3 N–H and O–H groups in total. The van der Waals surface area contributed by atoms with Gasteiger partial charge in [-0.25, -0.2) is 4.98 Å². The Kier molecular flexibility index (Phi) is 6.86. The van der Waals surface area contributed by atoms with Gasteiger partial charge in [0.25, 0.3) is 0 Å². The number of imidazole rings is 1. The summed E-state index contributed by atoms with van der Waals surface area (Å²) < 4.78 is 6.25. The monoisotopic (exact) mass is 503 g/mol. The molecule has 3 heterocycles. The van der Waals surface area contributed by atoms with E-state index in [0.29, 0.717) is 12.8 Å². The molecule has 1 unspecified atom stereocenters. The van der Waals surface area contributed by atoms with Gasteiger partial charge in [0.15, 0.2) is 11.6 Å². The third kappa shape index (κ3) is 5.16. The van der Waals surface area contributed by atoms with Gasteiger partial charge in [-0.3, -0.25) is 4.79 Å². The van der Waals surface area contributed by atoms with Crippen LogP contribution >= 0.6 is 0 Å². The zero-order chi connectivity index (χ0) is 26.3. The van der Waals surface area contributed by atoms with Gasteiger partial charge in [-0.15, -0.1) is 0 Å². The van der Waals surface area contributed by atoms with Crippen LogP contribution in [0.25, 0.3) is 5.57 Å². The van der Waals surface area contributed by atoms with Crippen LogP contribution in [0.3, 0.4) is 0 Å². The number of H-pyrrole nitrogens is 1. The molecular formula is C30H37N3O4. The molecule has 0 radical (unpaired) electrons. The summed E-state index contributed by atoms with van der Waals surface area (Å²) in [6.07, 6.45) is 10.8. The number of carbonyl (C=O) groups is 1. The highest BCUT2D eigenvalue weighted by molar-refractivity contribution is 5.92. The summed E-state index contributed by atoms with van der Waals surface area (Å²) in [4.78, 5) is 19.6. The van der Waals surface area contributed by atoms with E-state index in [1.807, 2.05) is 6.07 Å². The Morgan fingerprint density at radius 1 is 1.19 bits per heavy atom. The summed E-state index contributed by atoms with van der Waals surface area (Å²) in [6.45, 7) is 4.54. The van der Waals surface area contributed by atoms with Gasteiger partial charge >= 0.3 is 0 Å². The molecule has 0 saturated carbocycles. The first-order valence-corrected chi connectivity index (χ1v) is 13.4. The molecule has 0 amide bonds. The smallest absolute Gasteiger partial charge is 0.198 e. The van der Waals surface area contributed by atoms with Gasteiger partial charge in [-0.2, -0.15) is 5.26 Å². The van der Waals surface area contributed by atoms with E-state index < -0.39 is 11.2 Å². The molecule has 3 atom stereocenters. The summed E-state index contributed by atoms with van der Waals surface area (Å²) in [5.74, 6) is 0.318. The van der Waals surface area contributed by atoms with Crippen molar-refractivity contribution in [2.45, 2.75) is 88.8 Å². The number of nitrogens with one attached hydrogen (secondary N) is 1. The van der Waals surface area contributed by atoms with Gasteiger partial charge in [0.05, 0.1) is 30.6 Å². The van der Waals surface area contributed by atoms with Crippen LogP contribution < -0.4 is 0 Å². The molecule has 0 spiro atoms. The van der Waals surface area contributed by atoms with Crippen LogP contribution in [0, 0.1) is 16.7 Å². The zero-order valence-corrected chi connectivity index (χ0v) is 21.8. The third-order valence-electron chi connectivity index (χ3n) is 8.79. The van der Waals surface area contributed by atoms with Crippen molar-refractivity contribution in [1.29, 1.82) is 5.26 Å². The molecule has 2 fully saturated rings. The second-order valence-electron chi connectivity index (χ2n) is 12.1. The fourth-order valence-electron chi connectivity index (χ4n) is 6.43. The number of rotatable bonds is 8. The number of aliphatic hydroxyl groups is 2. The molecule has 2 aromatic rings. The van der Waals surface area contributed by atoms with Crippen molar-refractivity contribution in [3.05, 3.63) is 58.7 Å². The quantitative estimate of drug-likeness (QED) is 0.444. The Balaban J connectivity index is 1.43. The van der Waals surface area contributed by atoms with Crippen molar-refractivity contribution in [2.75, 3.05) is 13.2 Å². The van der Waals surface area contributed by atoms with Gasteiger partial charge in [0, 0.05) is 6.42 Å². The number of allylic oxidation sites excluding steroid dienone is 2. The molecule has 37 heavy (non-hydrogen) atoms. The van der Waals surface area contributed by atoms with Crippen molar-refractivity contribution in [2.24, 2.45) is 5.41 Å². The molecular weight excluding hydrogens is 466 g/mol. The van der Waals surface area contributed by atoms with Crippen molar-refractivity contribution in [1.82, 2.24) is 9.97 Å². The number of fused-ring (bicyclic) bond motifs is 2. The molecule has 5 rings (SSSR count). The fourth-order valence-corrected chi connectivity index (χ4v) is 6.43. The Bertz CT molecular complexity index is 1240. The number of carbonyl (C=O) groups excluding carboxylic acids is 1. The number of nitrogens with zero attached hydrogens (tertiary/aromatic N) is 2. The first kappa shape index (κ1) is 25.8. The normalized spacial score (nSPS) is 28.5. The molecule has 2 bridgehead atoms. The summed E-state index contributed by atoms with van der Waals surface area (Å²) in [5.41, 5.74) is 4.31. The van der Waals surface area contributed by atoms with Gasteiger partial charge < -0.3 is 19.9 Å². The summed E-state index contributed by atoms with van der Waals surface area (Å²) in [7, 11) is 0. The summed E-state index contributed by atoms with van der Waals surface area (Å²) in [6, 6.07) is 8.57. The summed E-state index contributed by atoms with van der Waals surface area (Å²) >= 11 is 0. The van der Waals surface area contributed by atoms with Crippen LogP contribution in [0.2, 0.25) is 0 Å². The Morgan fingerprint density at radius 2 is 1.92 bits per heavy atom. The van der Waals surface area contributed by atoms with E-state index in [0.717, 1.165) is 50.5 Å². The highest BCUT2D eigenvalue weighted by atomic mass is 16.6. The van der Waals surface area contributed by atoms with Gasteiger partial charge in [0.1, 0.15) is 11.8 Å². The molecule has 1 aromatic carbocycles. The van der Waals surface area contributed by atoms with Crippen LogP contribution in [0.1, 0.15) is 104 Å². The van der Waals surface area contributed by atoms with Crippen LogP contribution in [-0.2, 0) is 11.2 Å².